The first-order valence-electron chi connectivity index (χ1n) is 6.38. The molecule has 7 heteroatoms. The lowest BCUT2D eigenvalue weighted by molar-refractivity contribution is 0.140. The van der Waals surface area contributed by atoms with Crippen molar-refractivity contribution in [3.8, 4) is 0 Å². The fourth-order valence-electron chi connectivity index (χ4n) is 2.26. The SMILES string of the molecule is Cn1ncc2c(Cl)nc(CN3CCCOCC3)nc21. The summed E-state index contributed by atoms with van der Waals surface area (Å²) in [5.74, 6) is 0.739. The number of aromatic nitrogens is 4. The second kappa shape index (κ2) is 5.40. The lowest BCUT2D eigenvalue weighted by atomic mass is 10.3. The molecule has 3 heterocycles. The van der Waals surface area contributed by atoms with Gasteiger partial charge in [-0.3, -0.25) is 9.58 Å². The van der Waals surface area contributed by atoms with Crippen LogP contribution in [0.25, 0.3) is 11.0 Å². The molecule has 0 N–H and O–H groups in total. The topological polar surface area (TPSA) is 56.1 Å². The second-order valence-corrected chi connectivity index (χ2v) is 5.04. The molecule has 2 aromatic rings. The van der Waals surface area contributed by atoms with Gasteiger partial charge in [-0.1, -0.05) is 11.6 Å². The summed E-state index contributed by atoms with van der Waals surface area (Å²) >= 11 is 6.18. The van der Waals surface area contributed by atoms with E-state index in [1.54, 1.807) is 10.9 Å². The number of aryl methyl sites for hydroxylation is 1. The molecular formula is C12H16ClN5O. The summed E-state index contributed by atoms with van der Waals surface area (Å²) in [6.07, 6.45) is 2.74. The normalized spacial score (nSPS) is 17.8. The zero-order valence-electron chi connectivity index (χ0n) is 10.8. The van der Waals surface area contributed by atoms with E-state index in [4.69, 9.17) is 16.3 Å². The number of ether oxygens (including phenoxy) is 1. The van der Waals surface area contributed by atoms with Crippen molar-refractivity contribution >= 4 is 22.6 Å². The third kappa shape index (κ3) is 2.70. The summed E-state index contributed by atoms with van der Waals surface area (Å²) in [7, 11) is 1.86. The molecule has 0 atom stereocenters. The quantitative estimate of drug-likeness (QED) is 0.775. The molecule has 0 aromatic carbocycles. The zero-order valence-corrected chi connectivity index (χ0v) is 11.6. The highest BCUT2D eigenvalue weighted by atomic mass is 35.5. The lowest BCUT2D eigenvalue weighted by Gasteiger charge is -2.17. The fourth-order valence-corrected chi connectivity index (χ4v) is 2.49. The Morgan fingerprint density at radius 3 is 3.11 bits per heavy atom. The van der Waals surface area contributed by atoms with E-state index in [1.807, 2.05) is 7.05 Å². The fraction of sp³-hybridized carbons (Fsp3) is 0.583. The molecule has 6 nitrogen and oxygen atoms in total. The van der Waals surface area contributed by atoms with Gasteiger partial charge in [0.25, 0.3) is 0 Å². The molecule has 1 saturated heterocycles. The van der Waals surface area contributed by atoms with Crippen molar-refractivity contribution in [1.82, 2.24) is 24.6 Å². The van der Waals surface area contributed by atoms with Crippen LogP contribution in [0.2, 0.25) is 5.15 Å². The van der Waals surface area contributed by atoms with Gasteiger partial charge in [0.05, 0.1) is 24.7 Å². The van der Waals surface area contributed by atoms with Crippen molar-refractivity contribution in [3.63, 3.8) is 0 Å². The van der Waals surface area contributed by atoms with Gasteiger partial charge in [-0.2, -0.15) is 5.10 Å². The third-order valence-corrected chi connectivity index (χ3v) is 3.56. The van der Waals surface area contributed by atoms with Crippen LogP contribution in [0.5, 0.6) is 0 Å². The largest absolute Gasteiger partial charge is 0.380 e. The molecule has 0 aliphatic carbocycles. The van der Waals surface area contributed by atoms with E-state index < -0.39 is 0 Å². The number of rotatable bonds is 2. The molecule has 1 aliphatic heterocycles. The molecular weight excluding hydrogens is 266 g/mol. The van der Waals surface area contributed by atoms with Crippen LogP contribution in [0, 0.1) is 0 Å². The van der Waals surface area contributed by atoms with E-state index in [1.165, 1.54) is 0 Å². The van der Waals surface area contributed by atoms with Gasteiger partial charge in [-0.25, -0.2) is 9.97 Å². The molecule has 1 fully saturated rings. The predicted octanol–water partition coefficient (Wildman–Crippen LogP) is 1.24. The Labute approximate surface area is 116 Å². The Balaban J connectivity index is 1.85. The van der Waals surface area contributed by atoms with E-state index >= 15 is 0 Å². The summed E-state index contributed by atoms with van der Waals surface area (Å²) in [6.45, 7) is 4.21. The van der Waals surface area contributed by atoms with E-state index in [0.29, 0.717) is 11.7 Å². The average molecular weight is 282 g/mol. The minimum atomic E-state index is 0.471. The summed E-state index contributed by atoms with van der Waals surface area (Å²) in [4.78, 5) is 11.2. The predicted molar refractivity (Wildman–Crippen MR) is 72.0 cm³/mol. The first-order chi connectivity index (χ1) is 9.24. The highest BCUT2D eigenvalue weighted by Gasteiger charge is 2.14. The number of halogens is 1. The van der Waals surface area contributed by atoms with Crippen molar-refractivity contribution in [3.05, 3.63) is 17.2 Å². The van der Waals surface area contributed by atoms with Crippen LogP contribution in [0.4, 0.5) is 0 Å². The van der Waals surface area contributed by atoms with E-state index in [2.05, 4.69) is 20.0 Å². The molecule has 0 unspecified atom stereocenters. The molecule has 0 radical (unpaired) electrons. The van der Waals surface area contributed by atoms with Crippen LogP contribution in [-0.2, 0) is 18.3 Å². The molecule has 102 valence electrons. The Morgan fingerprint density at radius 2 is 2.21 bits per heavy atom. The van der Waals surface area contributed by atoms with Crippen molar-refractivity contribution in [2.75, 3.05) is 26.3 Å². The maximum atomic E-state index is 6.18. The summed E-state index contributed by atoms with van der Waals surface area (Å²) in [5.41, 5.74) is 0.779. The van der Waals surface area contributed by atoms with E-state index in [0.717, 1.165) is 49.6 Å². The monoisotopic (exact) mass is 281 g/mol. The van der Waals surface area contributed by atoms with Crippen LogP contribution < -0.4 is 0 Å². The van der Waals surface area contributed by atoms with Gasteiger partial charge < -0.3 is 4.74 Å². The standard InChI is InChI=1S/C12H16ClN5O/c1-17-12-9(7-14-17)11(13)15-10(16-12)8-18-3-2-5-19-6-4-18/h7H,2-6,8H2,1H3. The van der Waals surface area contributed by atoms with Gasteiger partial charge in [0.2, 0.25) is 0 Å². The van der Waals surface area contributed by atoms with Crippen LogP contribution in [0.3, 0.4) is 0 Å². The van der Waals surface area contributed by atoms with Gasteiger partial charge in [-0.15, -0.1) is 0 Å². The van der Waals surface area contributed by atoms with Gasteiger partial charge in [0.15, 0.2) is 5.65 Å². The number of fused-ring (bicyclic) bond motifs is 1. The Bertz CT molecular complexity index is 577. The van der Waals surface area contributed by atoms with Crippen LogP contribution in [0.1, 0.15) is 12.2 Å². The maximum Gasteiger partial charge on any atom is 0.162 e. The molecule has 0 spiro atoms. The van der Waals surface area contributed by atoms with Crippen molar-refractivity contribution in [1.29, 1.82) is 0 Å². The Hall–Kier alpha value is -1.24. The molecule has 0 bridgehead atoms. The molecule has 1 aliphatic rings. The average Bonchev–Trinajstić information content (AvgIpc) is 2.62. The van der Waals surface area contributed by atoms with Gasteiger partial charge in [0, 0.05) is 26.7 Å². The third-order valence-electron chi connectivity index (χ3n) is 3.27. The highest BCUT2D eigenvalue weighted by Crippen LogP contribution is 2.19. The number of nitrogens with zero attached hydrogens (tertiary/aromatic N) is 5. The summed E-state index contributed by atoms with van der Waals surface area (Å²) in [5, 5.41) is 5.43. The van der Waals surface area contributed by atoms with E-state index in [9.17, 15) is 0 Å². The van der Waals surface area contributed by atoms with E-state index in [-0.39, 0.29) is 0 Å². The van der Waals surface area contributed by atoms with Crippen molar-refractivity contribution in [2.45, 2.75) is 13.0 Å². The molecule has 19 heavy (non-hydrogen) atoms. The first-order valence-corrected chi connectivity index (χ1v) is 6.76. The molecule has 0 saturated carbocycles. The van der Waals surface area contributed by atoms with Gasteiger partial charge >= 0.3 is 0 Å². The second-order valence-electron chi connectivity index (χ2n) is 4.68. The minimum absolute atomic E-state index is 0.471. The first kappa shape index (κ1) is 12.8. The number of hydrogen-bond acceptors (Lipinski definition) is 5. The molecule has 2 aromatic heterocycles. The highest BCUT2D eigenvalue weighted by molar-refractivity contribution is 6.33. The zero-order chi connectivity index (χ0) is 13.2. The molecule has 3 rings (SSSR count). The van der Waals surface area contributed by atoms with Crippen LogP contribution in [0.15, 0.2) is 6.20 Å². The van der Waals surface area contributed by atoms with Crippen molar-refractivity contribution in [2.24, 2.45) is 7.05 Å². The maximum absolute atomic E-state index is 6.18. The molecule has 0 amide bonds. The Kier molecular flexibility index (Phi) is 3.63. The summed E-state index contributed by atoms with van der Waals surface area (Å²) < 4.78 is 7.16. The lowest BCUT2D eigenvalue weighted by Crippen LogP contribution is -2.26. The Morgan fingerprint density at radius 1 is 1.32 bits per heavy atom. The van der Waals surface area contributed by atoms with Crippen LogP contribution >= 0.6 is 11.6 Å². The number of hydrogen-bond donors (Lipinski definition) is 0. The van der Waals surface area contributed by atoms with Gasteiger partial charge in [-0.05, 0) is 6.42 Å². The summed E-state index contributed by atoms with van der Waals surface area (Å²) in [6, 6.07) is 0. The van der Waals surface area contributed by atoms with Crippen LogP contribution in [-0.4, -0.2) is 51.0 Å². The minimum Gasteiger partial charge on any atom is -0.380 e. The smallest absolute Gasteiger partial charge is 0.162 e. The van der Waals surface area contributed by atoms with Crippen molar-refractivity contribution < 1.29 is 4.74 Å². The van der Waals surface area contributed by atoms with Gasteiger partial charge in [0.1, 0.15) is 11.0 Å².